The molecule has 0 rings (SSSR count). The first kappa shape index (κ1) is 11.1. The molecule has 0 aliphatic rings. The monoisotopic (exact) mass is 413 g/mol. The van der Waals surface area contributed by atoms with Crippen LogP contribution in [-0.2, 0) is 29.3 Å². The van der Waals surface area contributed by atoms with E-state index in [1.54, 1.807) is 0 Å². The number of hydrogen-bond donors (Lipinski definition) is 0. The third kappa shape index (κ3) is 34.3. The Kier molecular flexibility index (Phi) is 29.0. The fourth-order valence-corrected chi connectivity index (χ4v) is 0. The molecule has 0 fully saturated rings. The normalized spacial score (nSPS) is 4.00. The van der Waals surface area contributed by atoms with E-state index in [4.69, 9.17) is 0 Å². The van der Waals surface area contributed by atoms with Gasteiger partial charge >= 0.3 is 68.8 Å². The van der Waals surface area contributed by atoms with E-state index in [2.05, 4.69) is 39.5 Å². The van der Waals surface area contributed by atoms with E-state index >= 15 is 0 Å². The van der Waals surface area contributed by atoms with E-state index in [1.165, 1.54) is 0 Å². The molecule has 0 amide bonds. The molecular weight excluding hydrogens is 410 g/mol. The summed E-state index contributed by atoms with van der Waals surface area (Å²) in [5.41, 5.74) is 0. The van der Waals surface area contributed by atoms with Crippen molar-refractivity contribution in [2.24, 2.45) is 0 Å². The average molecular weight is 410 g/mol. The molecule has 37 valence electrons. The molecule has 0 heterocycles. The van der Waals surface area contributed by atoms with Crippen molar-refractivity contribution < 1.29 is 29.3 Å². The van der Waals surface area contributed by atoms with Crippen LogP contribution < -0.4 is 0 Å². The number of rotatable bonds is 0. The van der Waals surface area contributed by atoms with Crippen LogP contribution in [0.3, 0.4) is 0 Å². The summed E-state index contributed by atoms with van der Waals surface area (Å²) >= 11 is -0.863. The molecular formula is MoReS4. The Morgan fingerprint density at radius 3 is 1.17 bits per heavy atom. The Hall–Kier alpha value is 2.23. The first-order valence-electron chi connectivity index (χ1n) is 0.642. The van der Waals surface area contributed by atoms with Crippen molar-refractivity contribution in [2.45, 2.75) is 0 Å². The zero-order valence-electron chi connectivity index (χ0n) is 2.42. The Labute approximate surface area is 67.7 Å². The molecule has 0 aromatic carbocycles. The Bertz CT molecular complexity index is 61.5. The van der Waals surface area contributed by atoms with Gasteiger partial charge in [0.15, 0.2) is 0 Å². The molecule has 0 saturated heterocycles. The van der Waals surface area contributed by atoms with Crippen LogP contribution in [0.4, 0.5) is 0 Å². The fourth-order valence-electron chi connectivity index (χ4n) is 0. The summed E-state index contributed by atoms with van der Waals surface area (Å²) in [4.78, 5) is 0. The van der Waals surface area contributed by atoms with E-state index < -0.39 is 14.4 Å². The summed E-state index contributed by atoms with van der Waals surface area (Å²) in [6, 6.07) is 0. The molecule has 0 bridgehead atoms. The van der Waals surface area contributed by atoms with Crippen molar-refractivity contribution in [3.63, 3.8) is 0 Å². The minimum atomic E-state index is -0.500. The van der Waals surface area contributed by atoms with Gasteiger partial charge in [-0.15, -0.1) is 0 Å². The van der Waals surface area contributed by atoms with Gasteiger partial charge in [-0.25, -0.2) is 0 Å². The topological polar surface area (TPSA) is 0 Å². The summed E-state index contributed by atoms with van der Waals surface area (Å²) in [7, 11) is 17.4. The standard InChI is InChI=1S/Mo.Re.4S. The van der Waals surface area contributed by atoms with Crippen LogP contribution in [0.15, 0.2) is 0 Å². The van der Waals surface area contributed by atoms with Crippen LogP contribution >= 0.6 is 39.5 Å². The first-order valence-corrected chi connectivity index (χ1v) is 13.5. The molecule has 0 nitrogen and oxygen atoms in total. The van der Waals surface area contributed by atoms with Gasteiger partial charge in [0, 0.05) is 0 Å². The second-order valence-corrected chi connectivity index (χ2v) is 8.26. The summed E-state index contributed by atoms with van der Waals surface area (Å²) in [5, 5.41) is 0. The van der Waals surface area contributed by atoms with Crippen molar-refractivity contribution in [2.75, 3.05) is 0 Å². The van der Waals surface area contributed by atoms with Crippen LogP contribution in [0.5, 0.6) is 0 Å². The van der Waals surface area contributed by atoms with Gasteiger partial charge in [-0.2, -0.15) is 0 Å². The maximum absolute atomic E-state index is 4.36. The molecule has 6 heavy (non-hydrogen) atoms. The predicted octanol–water partition coefficient (Wildman–Crippen LogP) is 2.59. The minimum absolute atomic E-state index is 0.363. The second kappa shape index (κ2) is 15.7. The zero-order chi connectivity index (χ0) is 5.41. The number of hydrogen-bond acceptors (Lipinski definition) is 4. The second-order valence-electron chi connectivity index (χ2n) is 0.131. The average Bonchev–Trinajstić information content (AvgIpc) is 1.39. The molecule has 6 heteroatoms. The van der Waals surface area contributed by atoms with Crippen LogP contribution in [0.25, 0.3) is 0 Å². The third-order valence-corrected chi connectivity index (χ3v) is 0. The first-order chi connectivity index (χ1) is 2.83. The van der Waals surface area contributed by atoms with Gasteiger partial charge in [0.05, 0.1) is 0 Å². The van der Waals surface area contributed by atoms with E-state index in [0.717, 1.165) is 0 Å². The molecule has 0 unspecified atom stereocenters. The molecule has 0 saturated carbocycles. The van der Waals surface area contributed by atoms with E-state index in [-0.39, 0.29) is 14.9 Å². The molecule has 0 aromatic rings. The van der Waals surface area contributed by atoms with Gasteiger partial charge in [-0.3, -0.25) is 0 Å². The van der Waals surface area contributed by atoms with Crippen molar-refractivity contribution in [3.8, 4) is 0 Å². The van der Waals surface area contributed by atoms with Gasteiger partial charge in [0.1, 0.15) is 0 Å². The van der Waals surface area contributed by atoms with Crippen molar-refractivity contribution >= 4 is 39.5 Å². The summed E-state index contributed by atoms with van der Waals surface area (Å²) in [6.07, 6.45) is 0. The van der Waals surface area contributed by atoms with Crippen LogP contribution in [-0.4, -0.2) is 0 Å². The molecule has 0 aliphatic heterocycles. The Morgan fingerprint density at radius 1 is 1.17 bits per heavy atom. The van der Waals surface area contributed by atoms with Crippen LogP contribution in [0.2, 0.25) is 0 Å². The third-order valence-electron chi connectivity index (χ3n) is 0. The van der Waals surface area contributed by atoms with Crippen LogP contribution in [0, 0.1) is 0 Å². The van der Waals surface area contributed by atoms with E-state index in [1.807, 2.05) is 0 Å². The molecule has 0 atom stereocenters. The fraction of sp³-hybridized carbons (Fsp3) is 0. The Morgan fingerprint density at radius 2 is 1.17 bits per heavy atom. The molecule has 0 aromatic heterocycles. The molecule has 0 radical (unpaired) electrons. The van der Waals surface area contributed by atoms with Gasteiger partial charge in [-0.1, -0.05) is 0 Å². The van der Waals surface area contributed by atoms with Gasteiger partial charge in [0.2, 0.25) is 0 Å². The van der Waals surface area contributed by atoms with Crippen LogP contribution in [0.1, 0.15) is 0 Å². The predicted molar refractivity (Wildman–Crippen MR) is 30.4 cm³/mol. The van der Waals surface area contributed by atoms with E-state index in [0.29, 0.717) is 0 Å². The molecule has 0 N–H and O–H groups in total. The summed E-state index contributed by atoms with van der Waals surface area (Å²) < 4.78 is 0. The van der Waals surface area contributed by atoms with E-state index in [9.17, 15) is 0 Å². The quantitative estimate of drug-likeness (QED) is 0.563. The van der Waals surface area contributed by atoms with Gasteiger partial charge in [0.25, 0.3) is 0 Å². The maximum atomic E-state index is 4.36. The zero-order valence-corrected chi connectivity index (χ0v) is 10.4. The van der Waals surface area contributed by atoms with Gasteiger partial charge < -0.3 is 0 Å². The van der Waals surface area contributed by atoms with Crippen molar-refractivity contribution in [3.05, 3.63) is 0 Å². The SMILES string of the molecule is [S]=[Mo]=[S].[S]=[Re]=[S]. The summed E-state index contributed by atoms with van der Waals surface area (Å²) in [6.45, 7) is 0. The Balaban J connectivity index is 0. The van der Waals surface area contributed by atoms with Crippen molar-refractivity contribution in [1.29, 1.82) is 0 Å². The van der Waals surface area contributed by atoms with Crippen molar-refractivity contribution in [1.82, 2.24) is 0 Å². The molecule has 0 aliphatic carbocycles. The van der Waals surface area contributed by atoms with Gasteiger partial charge in [-0.05, 0) is 0 Å². The summed E-state index contributed by atoms with van der Waals surface area (Å²) in [5.74, 6) is 0. The molecule has 0 spiro atoms.